The summed E-state index contributed by atoms with van der Waals surface area (Å²) < 4.78 is 0. The number of nitrogens with one attached hydrogen (secondary N) is 1. The van der Waals surface area contributed by atoms with E-state index in [9.17, 15) is 39.0 Å². The first-order valence-electron chi connectivity index (χ1n) is 12.6. The molecule has 0 bridgehead atoms. The SMILES string of the molecule is N[C@@H](CCC(=O)O)C(=O)N[C@@H](CO)C(=O)N1CCC[C@H]1C(=O)N1CCC[C@H]1C(=O)N1CCC[C@H]1C(=O)O. The molecular weight excluding hydrogens is 490 g/mol. The lowest BCUT2D eigenvalue weighted by molar-refractivity contribution is -0.154. The van der Waals surface area contributed by atoms with Crippen LogP contribution in [0.3, 0.4) is 0 Å². The van der Waals surface area contributed by atoms with Gasteiger partial charge in [0.15, 0.2) is 0 Å². The van der Waals surface area contributed by atoms with E-state index in [1.165, 1.54) is 14.7 Å². The first kappa shape index (κ1) is 28.3. The molecule has 0 spiro atoms. The molecule has 6 N–H and O–H groups in total. The molecule has 3 aliphatic heterocycles. The molecule has 3 fully saturated rings. The van der Waals surface area contributed by atoms with Crippen molar-refractivity contribution in [2.24, 2.45) is 5.73 Å². The van der Waals surface area contributed by atoms with E-state index in [1.54, 1.807) is 0 Å². The lowest BCUT2D eigenvalue weighted by Crippen LogP contribution is -2.58. The molecular formula is C23H35N5O9. The van der Waals surface area contributed by atoms with Crippen LogP contribution in [0.5, 0.6) is 0 Å². The maximum atomic E-state index is 13.5. The predicted octanol–water partition coefficient (Wildman–Crippen LogP) is -2.29. The number of carboxylic acid groups (broad SMARTS) is 2. The summed E-state index contributed by atoms with van der Waals surface area (Å²) in [5, 5.41) is 30.3. The van der Waals surface area contributed by atoms with Gasteiger partial charge in [0.2, 0.25) is 23.6 Å². The molecule has 206 valence electrons. The van der Waals surface area contributed by atoms with Crippen molar-refractivity contribution >= 4 is 35.6 Å². The monoisotopic (exact) mass is 525 g/mol. The van der Waals surface area contributed by atoms with Crippen molar-refractivity contribution in [3.05, 3.63) is 0 Å². The van der Waals surface area contributed by atoms with Crippen LogP contribution in [0.1, 0.15) is 51.4 Å². The fourth-order valence-corrected chi connectivity index (χ4v) is 5.32. The second kappa shape index (κ2) is 12.3. The average Bonchev–Trinajstić information content (AvgIpc) is 3.64. The number of hydrogen-bond donors (Lipinski definition) is 5. The number of carboxylic acids is 2. The Balaban J connectivity index is 1.67. The standard InChI is InChI=1S/C23H35N5O9/c24-13(7-8-18(30)31)19(32)25-14(12-29)20(33)26-9-1-4-15(26)21(34)27-10-2-5-16(27)22(35)28-11-3-6-17(28)23(36)37/h13-17,29H,1-12,24H2,(H,25,32)(H,30,31)(H,36,37)/t13-,14-,15-,16-,17-/m0/s1. The van der Waals surface area contributed by atoms with Crippen molar-refractivity contribution in [1.82, 2.24) is 20.0 Å². The molecule has 37 heavy (non-hydrogen) atoms. The largest absolute Gasteiger partial charge is 0.481 e. The summed E-state index contributed by atoms with van der Waals surface area (Å²) in [6, 6.07) is -5.16. The first-order chi connectivity index (χ1) is 17.6. The highest BCUT2D eigenvalue weighted by atomic mass is 16.4. The number of nitrogens with zero attached hydrogens (tertiary/aromatic N) is 3. The molecule has 0 aliphatic carbocycles. The average molecular weight is 526 g/mol. The topological polar surface area (TPSA) is 211 Å². The Hall–Kier alpha value is -3.26. The number of amides is 4. The van der Waals surface area contributed by atoms with E-state index in [4.69, 9.17) is 10.8 Å². The number of carbonyl (C=O) groups excluding carboxylic acids is 4. The molecule has 14 heteroatoms. The number of hydrogen-bond acceptors (Lipinski definition) is 8. The van der Waals surface area contributed by atoms with Crippen molar-refractivity contribution in [3.8, 4) is 0 Å². The molecule has 0 radical (unpaired) electrons. The highest BCUT2D eigenvalue weighted by Gasteiger charge is 2.46. The van der Waals surface area contributed by atoms with Crippen LogP contribution in [-0.2, 0) is 28.8 Å². The van der Waals surface area contributed by atoms with Crippen LogP contribution >= 0.6 is 0 Å². The van der Waals surface area contributed by atoms with Crippen molar-refractivity contribution in [2.75, 3.05) is 26.2 Å². The van der Waals surface area contributed by atoms with E-state index >= 15 is 0 Å². The quantitative estimate of drug-likeness (QED) is 0.206. The molecule has 3 saturated heterocycles. The van der Waals surface area contributed by atoms with Gasteiger partial charge in [-0.3, -0.25) is 24.0 Å². The lowest BCUT2D eigenvalue weighted by Gasteiger charge is -2.34. The number of aliphatic carboxylic acids is 2. The van der Waals surface area contributed by atoms with E-state index < -0.39 is 72.4 Å². The highest BCUT2D eigenvalue weighted by molar-refractivity contribution is 5.96. The zero-order valence-corrected chi connectivity index (χ0v) is 20.6. The highest BCUT2D eigenvalue weighted by Crippen LogP contribution is 2.28. The van der Waals surface area contributed by atoms with E-state index in [0.717, 1.165) is 0 Å². The molecule has 3 heterocycles. The van der Waals surface area contributed by atoms with Gasteiger partial charge < -0.3 is 41.1 Å². The Morgan fingerprint density at radius 3 is 1.81 bits per heavy atom. The molecule has 0 unspecified atom stereocenters. The summed E-state index contributed by atoms with van der Waals surface area (Å²) in [6.45, 7) is 0.0864. The third-order valence-corrected chi connectivity index (χ3v) is 7.27. The van der Waals surface area contributed by atoms with Gasteiger partial charge in [0.25, 0.3) is 0 Å². The Kier molecular flexibility index (Phi) is 9.43. The van der Waals surface area contributed by atoms with Crippen LogP contribution in [0.15, 0.2) is 0 Å². The molecule has 3 aliphatic rings. The maximum Gasteiger partial charge on any atom is 0.326 e. The Labute approximate surface area is 213 Å². The molecule has 0 aromatic carbocycles. The molecule has 0 aromatic rings. The van der Waals surface area contributed by atoms with Crippen LogP contribution in [0.2, 0.25) is 0 Å². The van der Waals surface area contributed by atoms with Gasteiger partial charge in [0.1, 0.15) is 24.2 Å². The smallest absolute Gasteiger partial charge is 0.326 e. The number of nitrogens with two attached hydrogens (primary N) is 1. The summed E-state index contributed by atoms with van der Waals surface area (Å²) in [4.78, 5) is 78.5. The number of aliphatic hydroxyl groups excluding tert-OH is 1. The zero-order chi connectivity index (χ0) is 27.3. The number of likely N-dealkylation sites (tertiary alicyclic amines) is 3. The minimum atomic E-state index is -1.37. The molecule has 0 saturated carbocycles. The third-order valence-electron chi connectivity index (χ3n) is 7.27. The van der Waals surface area contributed by atoms with Crippen LogP contribution in [-0.4, -0.2) is 122 Å². The second-order valence-corrected chi connectivity index (χ2v) is 9.69. The Morgan fingerprint density at radius 1 is 0.811 bits per heavy atom. The van der Waals surface area contributed by atoms with Gasteiger partial charge in [-0.25, -0.2) is 4.79 Å². The number of aliphatic hydroxyl groups is 1. The summed E-state index contributed by atoms with van der Waals surface area (Å²) in [5.41, 5.74) is 5.69. The van der Waals surface area contributed by atoms with Gasteiger partial charge in [-0.15, -0.1) is 0 Å². The zero-order valence-electron chi connectivity index (χ0n) is 20.6. The van der Waals surface area contributed by atoms with Gasteiger partial charge in [0, 0.05) is 26.1 Å². The predicted molar refractivity (Wildman–Crippen MR) is 126 cm³/mol. The lowest BCUT2D eigenvalue weighted by atomic mass is 10.1. The van der Waals surface area contributed by atoms with Gasteiger partial charge in [0.05, 0.1) is 12.6 Å². The fourth-order valence-electron chi connectivity index (χ4n) is 5.32. The van der Waals surface area contributed by atoms with Crippen LogP contribution in [0.25, 0.3) is 0 Å². The van der Waals surface area contributed by atoms with E-state index in [0.29, 0.717) is 51.6 Å². The molecule has 3 rings (SSSR count). The first-order valence-corrected chi connectivity index (χ1v) is 12.6. The maximum absolute atomic E-state index is 13.5. The summed E-state index contributed by atoms with van der Waals surface area (Å²) in [7, 11) is 0. The number of rotatable bonds is 10. The van der Waals surface area contributed by atoms with E-state index in [2.05, 4.69) is 5.32 Å². The number of carbonyl (C=O) groups is 6. The van der Waals surface area contributed by atoms with Crippen molar-refractivity contribution in [1.29, 1.82) is 0 Å². The van der Waals surface area contributed by atoms with E-state index in [1.807, 2.05) is 0 Å². The van der Waals surface area contributed by atoms with Gasteiger partial charge in [-0.2, -0.15) is 0 Å². The third kappa shape index (κ3) is 6.36. The fraction of sp³-hybridized carbons (Fsp3) is 0.739. The minimum absolute atomic E-state index is 0.150. The van der Waals surface area contributed by atoms with Gasteiger partial charge in [-0.1, -0.05) is 0 Å². The summed E-state index contributed by atoms with van der Waals surface area (Å²) in [5.74, 6) is -4.49. The Morgan fingerprint density at radius 2 is 1.30 bits per heavy atom. The summed E-state index contributed by atoms with van der Waals surface area (Å²) >= 11 is 0. The van der Waals surface area contributed by atoms with Crippen molar-refractivity contribution in [2.45, 2.75) is 81.6 Å². The van der Waals surface area contributed by atoms with Crippen LogP contribution in [0.4, 0.5) is 0 Å². The second-order valence-electron chi connectivity index (χ2n) is 9.69. The molecule has 4 amide bonds. The summed E-state index contributed by atoms with van der Waals surface area (Å²) in [6.07, 6.45) is 2.26. The van der Waals surface area contributed by atoms with Gasteiger partial charge >= 0.3 is 11.9 Å². The minimum Gasteiger partial charge on any atom is -0.481 e. The normalized spacial score (nSPS) is 25.1. The van der Waals surface area contributed by atoms with E-state index in [-0.39, 0.29) is 19.4 Å². The molecule has 5 atom stereocenters. The van der Waals surface area contributed by atoms with Crippen LogP contribution < -0.4 is 11.1 Å². The molecule has 14 nitrogen and oxygen atoms in total. The van der Waals surface area contributed by atoms with Crippen molar-refractivity contribution in [3.63, 3.8) is 0 Å². The van der Waals surface area contributed by atoms with Crippen LogP contribution in [0, 0.1) is 0 Å². The van der Waals surface area contributed by atoms with Gasteiger partial charge in [-0.05, 0) is 44.9 Å². The Bertz CT molecular complexity index is 928. The molecule has 0 aromatic heterocycles. The van der Waals surface area contributed by atoms with Crippen molar-refractivity contribution < 1.29 is 44.1 Å².